The minimum Gasteiger partial charge on any atom is -0.380 e. The van der Waals surface area contributed by atoms with Crippen molar-refractivity contribution in [1.29, 1.82) is 0 Å². The predicted octanol–water partition coefficient (Wildman–Crippen LogP) is 4.08. The molecule has 1 aromatic carbocycles. The van der Waals surface area contributed by atoms with Gasteiger partial charge in [0.25, 0.3) is 0 Å². The van der Waals surface area contributed by atoms with E-state index >= 15 is 0 Å². The fourth-order valence-electron chi connectivity index (χ4n) is 2.53. The van der Waals surface area contributed by atoms with Crippen molar-refractivity contribution in [2.45, 2.75) is 39.0 Å². The molecular formula is C19H26ClFN2O2S. The number of hydrogen-bond acceptors (Lipinski definition) is 4. The van der Waals surface area contributed by atoms with E-state index in [1.807, 2.05) is 30.9 Å². The Hall–Kier alpha value is -1.47. The van der Waals surface area contributed by atoms with Gasteiger partial charge in [-0.1, -0.05) is 12.1 Å². The third kappa shape index (κ3) is 6.06. The average Bonchev–Trinajstić information content (AvgIpc) is 3.06. The summed E-state index contributed by atoms with van der Waals surface area (Å²) in [6, 6.07) is 10.5. The van der Waals surface area contributed by atoms with Crippen LogP contribution in [0.4, 0.5) is 4.39 Å². The van der Waals surface area contributed by atoms with Crippen molar-refractivity contribution in [3.8, 4) is 10.4 Å². The minimum absolute atomic E-state index is 0. The molecule has 4 nitrogen and oxygen atoms in total. The SMILES string of the molecule is COC(CN)CC(=O)N(Cc1ccc(-c2ccc(F)cc2)s1)C(C)C.Cl. The van der Waals surface area contributed by atoms with E-state index in [0.29, 0.717) is 13.1 Å². The van der Waals surface area contributed by atoms with Gasteiger partial charge in [0.15, 0.2) is 0 Å². The fraction of sp³-hybridized carbons (Fsp3) is 0.421. The summed E-state index contributed by atoms with van der Waals surface area (Å²) in [5.41, 5.74) is 6.59. The van der Waals surface area contributed by atoms with E-state index in [2.05, 4.69) is 0 Å². The second-order valence-corrected chi connectivity index (χ2v) is 7.35. The van der Waals surface area contributed by atoms with Gasteiger partial charge in [-0.15, -0.1) is 23.7 Å². The number of nitrogens with zero attached hydrogens (tertiary/aromatic N) is 1. The standard InChI is InChI=1S/C19H25FN2O2S.ClH/c1-13(2)22(19(23)10-16(11-21)24-3)12-17-8-9-18(25-17)14-4-6-15(20)7-5-14;/h4-9,13,16H,10-12,21H2,1-3H3;1H. The number of ether oxygens (including phenoxy) is 1. The summed E-state index contributed by atoms with van der Waals surface area (Å²) in [5.74, 6) is -0.214. The van der Waals surface area contributed by atoms with Crippen LogP contribution in [0.2, 0.25) is 0 Å². The van der Waals surface area contributed by atoms with Crippen LogP contribution in [0, 0.1) is 5.82 Å². The molecule has 1 heterocycles. The van der Waals surface area contributed by atoms with Crippen LogP contribution in [0.15, 0.2) is 36.4 Å². The summed E-state index contributed by atoms with van der Waals surface area (Å²) in [6.45, 7) is 4.86. The first-order valence-corrected chi connectivity index (χ1v) is 9.13. The Balaban J connectivity index is 0.00000338. The zero-order valence-corrected chi connectivity index (χ0v) is 16.9. The van der Waals surface area contributed by atoms with E-state index in [4.69, 9.17) is 10.5 Å². The van der Waals surface area contributed by atoms with E-state index in [0.717, 1.165) is 15.3 Å². The van der Waals surface area contributed by atoms with Crippen LogP contribution in [-0.4, -0.2) is 36.6 Å². The lowest BCUT2D eigenvalue weighted by Crippen LogP contribution is -2.39. The van der Waals surface area contributed by atoms with Crippen molar-refractivity contribution in [3.63, 3.8) is 0 Å². The van der Waals surface area contributed by atoms with E-state index < -0.39 is 0 Å². The third-order valence-electron chi connectivity index (χ3n) is 4.06. The monoisotopic (exact) mass is 400 g/mol. The highest BCUT2D eigenvalue weighted by molar-refractivity contribution is 7.15. The molecule has 0 fully saturated rings. The first-order valence-electron chi connectivity index (χ1n) is 8.31. The summed E-state index contributed by atoms with van der Waals surface area (Å²) in [4.78, 5) is 16.6. The minimum atomic E-state index is -0.258. The Morgan fingerprint density at radius 1 is 1.23 bits per heavy atom. The average molecular weight is 401 g/mol. The molecule has 0 spiro atoms. The molecule has 0 aliphatic carbocycles. The van der Waals surface area contributed by atoms with Crippen LogP contribution in [0.5, 0.6) is 0 Å². The second kappa shape index (κ2) is 10.6. The Kier molecular flexibility index (Phi) is 9.22. The van der Waals surface area contributed by atoms with Crippen LogP contribution in [-0.2, 0) is 16.1 Å². The maximum atomic E-state index is 13.1. The Morgan fingerprint density at radius 3 is 2.42 bits per heavy atom. The Labute approximate surface area is 164 Å². The fourth-order valence-corrected chi connectivity index (χ4v) is 3.55. The molecule has 1 atom stereocenters. The summed E-state index contributed by atoms with van der Waals surface area (Å²) < 4.78 is 18.3. The molecule has 144 valence electrons. The predicted molar refractivity (Wildman–Crippen MR) is 107 cm³/mol. The second-order valence-electron chi connectivity index (χ2n) is 6.19. The molecule has 0 saturated heterocycles. The molecule has 0 radical (unpaired) electrons. The van der Waals surface area contributed by atoms with Crippen LogP contribution in [0.3, 0.4) is 0 Å². The zero-order chi connectivity index (χ0) is 18.4. The summed E-state index contributed by atoms with van der Waals surface area (Å²) >= 11 is 1.61. The summed E-state index contributed by atoms with van der Waals surface area (Å²) in [7, 11) is 1.57. The van der Waals surface area contributed by atoms with Gasteiger partial charge in [-0.2, -0.15) is 0 Å². The molecule has 0 bridgehead atoms. The molecule has 0 aliphatic heterocycles. The topological polar surface area (TPSA) is 55.6 Å². The van der Waals surface area contributed by atoms with Crippen LogP contribution >= 0.6 is 23.7 Å². The van der Waals surface area contributed by atoms with Gasteiger partial charge in [-0.25, -0.2) is 4.39 Å². The highest BCUT2D eigenvalue weighted by atomic mass is 35.5. The molecule has 1 aromatic heterocycles. The molecule has 0 aliphatic rings. The maximum absolute atomic E-state index is 13.1. The van der Waals surface area contributed by atoms with E-state index in [1.54, 1.807) is 30.6 Å². The maximum Gasteiger partial charge on any atom is 0.225 e. The number of benzene rings is 1. The normalized spacial score (nSPS) is 11.9. The number of amides is 1. The Bertz CT molecular complexity index is 687. The van der Waals surface area contributed by atoms with Gasteiger partial charge in [0, 0.05) is 29.5 Å². The van der Waals surface area contributed by atoms with Gasteiger partial charge >= 0.3 is 0 Å². The molecule has 26 heavy (non-hydrogen) atoms. The number of rotatable bonds is 8. The number of halogens is 2. The lowest BCUT2D eigenvalue weighted by Gasteiger charge is -2.27. The number of thiophene rings is 1. The first-order chi connectivity index (χ1) is 11.9. The number of carbonyl (C=O) groups is 1. The first kappa shape index (κ1) is 22.6. The summed E-state index contributed by atoms with van der Waals surface area (Å²) in [6.07, 6.45) is 0.0216. The van der Waals surface area contributed by atoms with Crippen molar-refractivity contribution in [3.05, 3.63) is 47.1 Å². The van der Waals surface area contributed by atoms with Crippen molar-refractivity contribution >= 4 is 29.7 Å². The molecule has 2 rings (SSSR count). The van der Waals surface area contributed by atoms with Crippen LogP contribution in [0.25, 0.3) is 10.4 Å². The molecule has 2 N–H and O–H groups in total. The number of hydrogen-bond donors (Lipinski definition) is 1. The van der Waals surface area contributed by atoms with Gasteiger partial charge in [-0.05, 0) is 43.7 Å². The van der Waals surface area contributed by atoms with Crippen molar-refractivity contribution < 1.29 is 13.9 Å². The Morgan fingerprint density at radius 2 is 1.88 bits per heavy atom. The quantitative estimate of drug-likeness (QED) is 0.726. The lowest BCUT2D eigenvalue weighted by molar-refractivity contribution is -0.136. The van der Waals surface area contributed by atoms with Crippen LogP contribution in [0.1, 0.15) is 25.1 Å². The van der Waals surface area contributed by atoms with Gasteiger partial charge < -0.3 is 15.4 Å². The lowest BCUT2D eigenvalue weighted by atomic mass is 10.2. The van der Waals surface area contributed by atoms with Gasteiger partial charge in [0.05, 0.1) is 19.1 Å². The van der Waals surface area contributed by atoms with E-state index in [1.165, 1.54) is 12.1 Å². The third-order valence-corrected chi connectivity index (χ3v) is 5.18. The van der Waals surface area contributed by atoms with E-state index in [-0.39, 0.29) is 42.7 Å². The molecular weight excluding hydrogens is 375 g/mol. The van der Waals surface area contributed by atoms with Gasteiger partial charge in [0.2, 0.25) is 5.91 Å². The zero-order valence-electron chi connectivity index (χ0n) is 15.3. The smallest absolute Gasteiger partial charge is 0.225 e. The van der Waals surface area contributed by atoms with Crippen molar-refractivity contribution in [2.24, 2.45) is 5.73 Å². The molecule has 0 saturated carbocycles. The largest absolute Gasteiger partial charge is 0.380 e. The molecule has 2 aromatic rings. The summed E-state index contributed by atoms with van der Waals surface area (Å²) in [5, 5.41) is 0. The van der Waals surface area contributed by atoms with Gasteiger partial charge in [-0.3, -0.25) is 4.79 Å². The van der Waals surface area contributed by atoms with Gasteiger partial charge in [0.1, 0.15) is 5.82 Å². The molecule has 1 unspecified atom stereocenters. The number of methoxy groups -OCH3 is 1. The van der Waals surface area contributed by atoms with Crippen molar-refractivity contribution in [2.75, 3.05) is 13.7 Å². The highest BCUT2D eigenvalue weighted by Crippen LogP contribution is 2.29. The number of nitrogens with two attached hydrogens (primary N) is 1. The highest BCUT2D eigenvalue weighted by Gasteiger charge is 2.21. The van der Waals surface area contributed by atoms with E-state index in [9.17, 15) is 9.18 Å². The molecule has 1 amide bonds. The van der Waals surface area contributed by atoms with Crippen LogP contribution < -0.4 is 5.73 Å². The van der Waals surface area contributed by atoms with Crippen molar-refractivity contribution in [1.82, 2.24) is 4.90 Å². The number of carbonyl (C=O) groups excluding carboxylic acids is 1. The molecule has 7 heteroatoms.